The Morgan fingerprint density at radius 1 is 1.33 bits per heavy atom. The van der Waals surface area contributed by atoms with Crippen molar-refractivity contribution < 1.29 is 14.3 Å². The number of rotatable bonds is 7. The molecule has 1 heterocycles. The molecule has 21 heavy (non-hydrogen) atoms. The fourth-order valence-electron chi connectivity index (χ4n) is 2.19. The van der Waals surface area contributed by atoms with Crippen LogP contribution in [0.25, 0.3) is 0 Å². The first-order valence-corrected chi connectivity index (χ1v) is 7.05. The van der Waals surface area contributed by atoms with Gasteiger partial charge in [-0.3, -0.25) is 4.79 Å². The van der Waals surface area contributed by atoms with Crippen LogP contribution in [0.2, 0.25) is 0 Å². The number of amides is 1. The van der Waals surface area contributed by atoms with Gasteiger partial charge in [0.1, 0.15) is 11.5 Å². The lowest BCUT2D eigenvalue weighted by molar-refractivity contribution is -0.121. The molecule has 1 atom stereocenters. The second-order valence-corrected chi connectivity index (χ2v) is 4.87. The topological polar surface area (TPSA) is 59.6 Å². The van der Waals surface area contributed by atoms with Crippen LogP contribution in [0.3, 0.4) is 0 Å². The molecule has 1 aliphatic rings. The van der Waals surface area contributed by atoms with Crippen molar-refractivity contribution in [1.29, 1.82) is 0 Å². The molecule has 118 valence electrons. The molecule has 6 heteroatoms. The number of carbonyl (C=O) groups excluding carboxylic acids is 1. The van der Waals surface area contributed by atoms with Gasteiger partial charge in [-0.2, -0.15) is 0 Å². The number of hydrogen-bond acceptors (Lipinski definition) is 4. The van der Waals surface area contributed by atoms with Gasteiger partial charge in [-0.05, 0) is 43.7 Å². The Bertz CT molecular complexity index is 419. The Hall–Kier alpha value is -1.46. The molecular formula is C15H23ClN2O3. The summed E-state index contributed by atoms with van der Waals surface area (Å²) < 4.78 is 10.6. The molecule has 1 saturated heterocycles. The maximum atomic E-state index is 11.7. The highest BCUT2D eigenvalue weighted by Crippen LogP contribution is 2.16. The van der Waals surface area contributed by atoms with Crippen molar-refractivity contribution in [2.24, 2.45) is 0 Å². The molecule has 1 aliphatic heterocycles. The molecule has 5 nitrogen and oxygen atoms in total. The van der Waals surface area contributed by atoms with Gasteiger partial charge in [-0.15, -0.1) is 12.4 Å². The maximum Gasteiger partial charge on any atom is 0.223 e. The number of hydrogen-bond donors (Lipinski definition) is 2. The summed E-state index contributed by atoms with van der Waals surface area (Å²) >= 11 is 0. The van der Waals surface area contributed by atoms with Crippen LogP contribution in [0.5, 0.6) is 11.5 Å². The number of halogens is 1. The molecule has 1 fully saturated rings. The fourth-order valence-corrected chi connectivity index (χ4v) is 2.19. The van der Waals surface area contributed by atoms with E-state index in [0.29, 0.717) is 25.6 Å². The first-order chi connectivity index (χ1) is 9.78. The summed E-state index contributed by atoms with van der Waals surface area (Å²) in [5.74, 6) is 1.57. The number of methoxy groups -OCH3 is 1. The molecule has 0 aliphatic carbocycles. The number of benzene rings is 1. The van der Waals surface area contributed by atoms with E-state index in [1.165, 1.54) is 6.42 Å². The molecular weight excluding hydrogens is 292 g/mol. The summed E-state index contributed by atoms with van der Waals surface area (Å²) in [6.45, 7) is 2.15. The molecule has 1 amide bonds. The average Bonchev–Trinajstić information content (AvgIpc) is 2.99. The van der Waals surface area contributed by atoms with E-state index in [2.05, 4.69) is 10.6 Å². The Morgan fingerprint density at radius 2 is 2.05 bits per heavy atom. The smallest absolute Gasteiger partial charge is 0.223 e. The molecule has 0 spiro atoms. The molecule has 1 aromatic carbocycles. The first-order valence-electron chi connectivity index (χ1n) is 7.05. The molecule has 0 saturated carbocycles. The molecule has 0 aromatic heterocycles. The molecule has 2 N–H and O–H groups in total. The van der Waals surface area contributed by atoms with Gasteiger partial charge in [0.05, 0.1) is 20.1 Å². The van der Waals surface area contributed by atoms with Crippen LogP contribution in [0.4, 0.5) is 0 Å². The van der Waals surface area contributed by atoms with E-state index < -0.39 is 0 Å². The van der Waals surface area contributed by atoms with E-state index in [9.17, 15) is 4.79 Å². The summed E-state index contributed by atoms with van der Waals surface area (Å²) in [6.07, 6.45) is 2.71. The number of carbonyl (C=O) groups is 1. The minimum Gasteiger partial charge on any atom is -0.497 e. The minimum absolute atomic E-state index is 0. The van der Waals surface area contributed by atoms with Crippen LogP contribution in [0.1, 0.15) is 19.3 Å². The summed E-state index contributed by atoms with van der Waals surface area (Å²) in [4.78, 5) is 11.7. The minimum atomic E-state index is 0. The summed E-state index contributed by atoms with van der Waals surface area (Å²) in [7, 11) is 1.62. The largest absolute Gasteiger partial charge is 0.497 e. The molecule has 1 aromatic rings. The Kier molecular flexibility index (Phi) is 7.93. The molecule has 1 unspecified atom stereocenters. The predicted octanol–water partition coefficient (Wildman–Crippen LogP) is 1.75. The third-order valence-electron chi connectivity index (χ3n) is 3.37. The van der Waals surface area contributed by atoms with Crippen LogP contribution in [-0.2, 0) is 4.79 Å². The maximum absolute atomic E-state index is 11.7. The van der Waals surface area contributed by atoms with Crippen LogP contribution in [0, 0.1) is 0 Å². The highest BCUT2D eigenvalue weighted by Gasteiger charge is 2.14. The van der Waals surface area contributed by atoms with E-state index >= 15 is 0 Å². The zero-order valence-corrected chi connectivity index (χ0v) is 13.1. The monoisotopic (exact) mass is 314 g/mol. The Balaban J connectivity index is 0.00000220. The fraction of sp³-hybridized carbons (Fsp3) is 0.533. The van der Waals surface area contributed by atoms with Gasteiger partial charge in [0.15, 0.2) is 0 Å². The van der Waals surface area contributed by atoms with Gasteiger partial charge in [0.2, 0.25) is 5.91 Å². The first kappa shape index (κ1) is 17.6. The van der Waals surface area contributed by atoms with E-state index in [1.54, 1.807) is 7.11 Å². The van der Waals surface area contributed by atoms with E-state index in [1.807, 2.05) is 24.3 Å². The molecule has 2 rings (SSSR count). The lowest BCUT2D eigenvalue weighted by atomic mass is 10.2. The van der Waals surface area contributed by atoms with Gasteiger partial charge in [0.25, 0.3) is 0 Å². The van der Waals surface area contributed by atoms with Crippen LogP contribution >= 0.6 is 12.4 Å². The number of nitrogens with one attached hydrogen (secondary N) is 2. The second kappa shape index (κ2) is 9.47. The zero-order valence-electron chi connectivity index (χ0n) is 12.3. The summed E-state index contributed by atoms with van der Waals surface area (Å²) in [5.41, 5.74) is 0. The normalized spacial score (nSPS) is 16.9. The van der Waals surface area contributed by atoms with Gasteiger partial charge >= 0.3 is 0 Å². The van der Waals surface area contributed by atoms with Gasteiger partial charge < -0.3 is 20.1 Å². The standard InChI is InChI=1S/C15H22N2O3.ClH/c1-19-13-4-6-14(7-5-13)20-10-8-15(18)17-11-12-3-2-9-16-12;/h4-7,12,16H,2-3,8-11H2,1H3,(H,17,18);1H. The number of ether oxygens (including phenoxy) is 2. The van der Waals surface area contributed by atoms with Crippen LogP contribution < -0.4 is 20.1 Å². The third kappa shape index (κ3) is 6.23. The predicted molar refractivity (Wildman–Crippen MR) is 84.4 cm³/mol. The van der Waals surface area contributed by atoms with Crippen LogP contribution in [-0.4, -0.2) is 38.8 Å². The lowest BCUT2D eigenvalue weighted by Gasteiger charge is -2.11. The van der Waals surface area contributed by atoms with Crippen molar-refractivity contribution in [3.8, 4) is 11.5 Å². The van der Waals surface area contributed by atoms with Gasteiger partial charge in [-0.25, -0.2) is 0 Å². The third-order valence-corrected chi connectivity index (χ3v) is 3.37. The highest BCUT2D eigenvalue weighted by atomic mass is 35.5. The van der Waals surface area contributed by atoms with Gasteiger partial charge in [-0.1, -0.05) is 0 Å². The van der Waals surface area contributed by atoms with Crippen molar-refractivity contribution in [3.05, 3.63) is 24.3 Å². The average molecular weight is 315 g/mol. The SMILES string of the molecule is COc1ccc(OCCC(=O)NCC2CCCN2)cc1.Cl. The van der Waals surface area contributed by atoms with E-state index in [4.69, 9.17) is 9.47 Å². The molecule has 0 bridgehead atoms. The lowest BCUT2D eigenvalue weighted by Crippen LogP contribution is -2.37. The van der Waals surface area contributed by atoms with Crippen molar-refractivity contribution >= 4 is 18.3 Å². The zero-order chi connectivity index (χ0) is 14.2. The Morgan fingerprint density at radius 3 is 2.67 bits per heavy atom. The summed E-state index contributed by atoms with van der Waals surface area (Å²) in [6, 6.07) is 7.77. The van der Waals surface area contributed by atoms with Crippen molar-refractivity contribution in [2.75, 3.05) is 26.8 Å². The van der Waals surface area contributed by atoms with Crippen LogP contribution in [0.15, 0.2) is 24.3 Å². The van der Waals surface area contributed by atoms with E-state index in [0.717, 1.165) is 24.5 Å². The summed E-state index contributed by atoms with van der Waals surface area (Å²) in [5, 5.41) is 6.27. The Labute approximate surface area is 131 Å². The van der Waals surface area contributed by atoms with Crippen molar-refractivity contribution in [1.82, 2.24) is 10.6 Å². The second-order valence-electron chi connectivity index (χ2n) is 4.87. The highest BCUT2D eigenvalue weighted by molar-refractivity contribution is 5.85. The van der Waals surface area contributed by atoms with Crippen molar-refractivity contribution in [3.63, 3.8) is 0 Å². The van der Waals surface area contributed by atoms with E-state index in [-0.39, 0.29) is 18.3 Å². The van der Waals surface area contributed by atoms with Gasteiger partial charge in [0, 0.05) is 12.6 Å². The van der Waals surface area contributed by atoms with Crippen molar-refractivity contribution in [2.45, 2.75) is 25.3 Å². The molecule has 0 radical (unpaired) electrons. The quantitative estimate of drug-likeness (QED) is 0.805.